The van der Waals surface area contributed by atoms with E-state index in [1.54, 1.807) is 6.07 Å². The molecule has 9 heteroatoms. The van der Waals surface area contributed by atoms with Crippen molar-refractivity contribution in [2.75, 3.05) is 27.8 Å². The summed E-state index contributed by atoms with van der Waals surface area (Å²) in [5, 5.41) is 39.6. The zero-order chi connectivity index (χ0) is 17.9. The summed E-state index contributed by atoms with van der Waals surface area (Å²) in [5.74, 6) is -0.0326. The number of aliphatic hydroxyl groups is 3. The van der Waals surface area contributed by atoms with Gasteiger partial charge in [-0.25, -0.2) is 4.98 Å². The van der Waals surface area contributed by atoms with Crippen molar-refractivity contribution in [2.45, 2.75) is 41.4 Å². The fraction of sp³-hybridized carbons (Fsp3) is 0.667. The molecule has 5 unspecified atom stereocenters. The summed E-state index contributed by atoms with van der Waals surface area (Å²) in [6, 6.07) is 3.25. The number of aliphatic hydroxyl groups excluding tert-OH is 3. The maximum Gasteiger partial charge on any atom is 0.186 e. The van der Waals surface area contributed by atoms with Gasteiger partial charge in [-0.3, -0.25) is 0 Å². The molecule has 1 fully saturated rings. The van der Waals surface area contributed by atoms with Crippen molar-refractivity contribution in [3.63, 3.8) is 0 Å². The summed E-state index contributed by atoms with van der Waals surface area (Å²) in [4.78, 5) is 6.32. The second kappa shape index (κ2) is 8.43. The normalized spacial score (nSPS) is 30.7. The minimum absolute atomic E-state index is 0.0326. The van der Waals surface area contributed by atoms with E-state index in [4.69, 9.17) is 9.47 Å². The molecule has 4 N–H and O–H groups in total. The van der Waals surface area contributed by atoms with Gasteiger partial charge in [0, 0.05) is 13.7 Å². The molecular formula is C15H24N2O6S. The van der Waals surface area contributed by atoms with E-state index in [1.807, 2.05) is 19.0 Å². The lowest BCUT2D eigenvalue weighted by Crippen LogP contribution is -2.57. The van der Waals surface area contributed by atoms with Crippen molar-refractivity contribution >= 4 is 11.8 Å². The van der Waals surface area contributed by atoms with Crippen LogP contribution in [0.2, 0.25) is 0 Å². The highest BCUT2D eigenvalue weighted by Gasteiger charge is 2.45. The van der Waals surface area contributed by atoms with Crippen molar-refractivity contribution < 1.29 is 29.9 Å². The van der Waals surface area contributed by atoms with Gasteiger partial charge >= 0.3 is 0 Å². The van der Waals surface area contributed by atoms with Gasteiger partial charge < -0.3 is 34.8 Å². The summed E-state index contributed by atoms with van der Waals surface area (Å²) in [5.41, 5.74) is 0.752. The molecule has 1 aromatic heterocycles. The lowest BCUT2D eigenvalue weighted by atomic mass is 10.0. The third-order valence-corrected chi connectivity index (χ3v) is 5.06. The quantitative estimate of drug-likeness (QED) is 0.527. The van der Waals surface area contributed by atoms with Crippen molar-refractivity contribution in [2.24, 2.45) is 0 Å². The van der Waals surface area contributed by atoms with Crippen LogP contribution in [-0.2, 0) is 16.0 Å². The Labute approximate surface area is 145 Å². The molecule has 0 amide bonds. The fourth-order valence-electron chi connectivity index (χ4n) is 2.49. The van der Waals surface area contributed by atoms with Crippen LogP contribution in [0.4, 0.5) is 0 Å². The number of methoxy groups -OCH3 is 1. The van der Waals surface area contributed by atoms with Crippen LogP contribution in [0.3, 0.4) is 0 Å². The molecule has 1 aromatic rings. The lowest BCUT2D eigenvalue weighted by Gasteiger charge is -2.41. The van der Waals surface area contributed by atoms with Gasteiger partial charge in [0.2, 0.25) is 0 Å². The SMILES string of the molecule is COC1OC(CO)C(Sc2nc(CN(C)C)ccc2O)C(O)C1O. The molecule has 0 spiro atoms. The van der Waals surface area contributed by atoms with Crippen LogP contribution in [0, 0.1) is 0 Å². The molecule has 2 rings (SSSR count). The zero-order valence-electron chi connectivity index (χ0n) is 13.9. The Balaban J connectivity index is 2.21. The van der Waals surface area contributed by atoms with E-state index in [2.05, 4.69) is 4.98 Å². The van der Waals surface area contributed by atoms with E-state index >= 15 is 0 Å². The smallest absolute Gasteiger partial charge is 0.186 e. The minimum Gasteiger partial charge on any atom is -0.505 e. The molecule has 1 aliphatic heterocycles. The van der Waals surface area contributed by atoms with Gasteiger partial charge in [-0.1, -0.05) is 11.8 Å². The van der Waals surface area contributed by atoms with Crippen LogP contribution in [0.5, 0.6) is 5.75 Å². The van der Waals surface area contributed by atoms with Crippen LogP contribution >= 0.6 is 11.8 Å². The Kier molecular flexibility index (Phi) is 6.81. The number of nitrogens with zero attached hydrogens (tertiary/aromatic N) is 2. The highest BCUT2D eigenvalue weighted by molar-refractivity contribution is 8.00. The van der Waals surface area contributed by atoms with Gasteiger partial charge in [0.05, 0.1) is 29.8 Å². The summed E-state index contributed by atoms with van der Waals surface area (Å²) < 4.78 is 10.4. The largest absolute Gasteiger partial charge is 0.505 e. The standard InChI is InChI=1S/C15H24N2O6S/c1-17(2)6-8-4-5-9(19)14(16-8)24-13-10(7-18)23-15(22-3)12(21)11(13)20/h4-5,10-13,15,18-21H,6-7H2,1-3H3. The molecule has 1 saturated heterocycles. The first kappa shape index (κ1) is 19.4. The topological polar surface area (TPSA) is 116 Å². The fourth-order valence-corrected chi connectivity index (χ4v) is 3.71. The van der Waals surface area contributed by atoms with Gasteiger partial charge in [0.1, 0.15) is 16.9 Å². The molecule has 1 aliphatic rings. The van der Waals surface area contributed by atoms with Crippen LogP contribution < -0.4 is 0 Å². The number of pyridine rings is 1. The van der Waals surface area contributed by atoms with Crippen LogP contribution in [0.25, 0.3) is 0 Å². The Morgan fingerprint density at radius 3 is 2.58 bits per heavy atom. The van der Waals surface area contributed by atoms with Crippen LogP contribution in [0.1, 0.15) is 5.69 Å². The monoisotopic (exact) mass is 360 g/mol. The maximum atomic E-state index is 10.3. The van der Waals surface area contributed by atoms with E-state index in [9.17, 15) is 20.4 Å². The van der Waals surface area contributed by atoms with E-state index in [-0.39, 0.29) is 12.4 Å². The Morgan fingerprint density at radius 1 is 1.29 bits per heavy atom. The molecule has 24 heavy (non-hydrogen) atoms. The maximum absolute atomic E-state index is 10.3. The number of aromatic hydroxyl groups is 1. The molecular weight excluding hydrogens is 336 g/mol. The van der Waals surface area contributed by atoms with E-state index in [0.29, 0.717) is 11.6 Å². The van der Waals surface area contributed by atoms with Crippen molar-refractivity contribution in [3.05, 3.63) is 17.8 Å². The summed E-state index contributed by atoms with van der Waals surface area (Å²) in [7, 11) is 5.16. The minimum atomic E-state index is -1.26. The predicted molar refractivity (Wildman–Crippen MR) is 87.7 cm³/mol. The first-order chi connectivity index (χ1) is 11.4. The van der Waals surface area contributed by atoms with Gasteiger partial charge in [-0.05, 0) is 26.2 Å². The van der Waals surface area contributed by atoms with Gasteiger partial charge in [-0.15, -0.1) is 0 Å². The third-order valence-electron chi connectivity index (χ3n) is 3.68. The molecule has 0 saturated carbocycles. The summed E-state index contributed by atoms with van der Waals surface area (Å²) in [6.45, 7) is 0.231. The second-order valence-electron chi connectivity index (χ2n) is 5.89. The molecule has 0 radical (unpaired) electrons. The Hall–Kier alpha value is -0.940. The van der Waals surface area contributed by atoms with Gasteiger partial charge in [0.15, 0.2) is 6.29 Å². The van der Waals surface area contributed by atoms with E-state index in [0.717, 1.165) is 17.5 Å². The van der Waals surface area contributed by atoms with Gasteiger partial charge in [0.25, 0.3) is 0 Å². The molecule has 136 valence electrons. The number of aromatic nitrogens is 1. The first-order valence-electron chi connectivity index (χ1n) is 7.53. The highest BCUT2D eigenvalue weighted by atomic mass is 32.2. The second-order valence-corrected chi connectivity index (χ2v) is 7.06. The number of hydrogen-bond donors (Lipinski definition) is 4. The molecule has 8 nitrogen and oxygen atoms in total. The third kappa shape index (κ3) is 4.37. The number of ether oxygens (including phenoxy) is 2. The van der Waals surface area contributed by atoms with E-state index < -0.39 is 29.9 Å². The number of thioether (sulfide) groups is 1. The Bertz CT molecular complexity index is 545. The predicted octanol–water partition coefficient (Wildman–Crippen LogP) is -0.605. The van der Waals surface area contributed by atoms with Crippen LogP contribution in [-0.4, -0.2) is 88.0 Å². The molecule has 5 atom stereocenters. The zero-order valence-corrected chi connectivity index (χ0v) is 14.7. The number of rotatable bonds is 6. The molecule has 0 bridgehead atoms. The van der Waals surface area contributed by atoms with Crippen LogP contribution in [0.15, 0.2) is 17.2 Å². The van der Waals surface area contributed by atoms with Crippen molar-refractivity contribution in [1.82, 2.24) is 9.88 Å². The Morgan fingerprint density at radius 2 is 2.00 bits per heavy atom. The van der Waals surface area contributed by atoms with Crippen molar-refractivity contribution in [3.8, 4) is 5.75 Å². The lowest BCUT2D eigenvalue weighted by molar-refractivity contribution is -0.259. The molecule has 0 aliphatic carbocycles. The molecule has 2 heterocycles. The average Bonchev–Trinajstić information content (AvgIpc) is 2.54. The summed E-state index contributed by atoms with van der Waals surface area (Å²) >= 11 is 1.06. The average molecular weight is 360 g/mol. The number of hydrogen-bond acceptors (Lipinski definition) is 9. The first-order valence-corrected chi connectivity index (χ1v) is 8.40. The highest BCUT2D eigenvalue weighted by Crippen LogP contribution is 2.37. The van der Waals surface area contributed by atoms with Gasteiger partial charge in [-0.2, -0.15) is 0 Å². The van der Waals surface area contributed by atoms with E-state index in [1.165, 1.54) is 13.2 Å². The van der Waals surface area contributed by atoms with Crippen molar-refractivity contribution in [1.29, 1.82) is 0 Å². The summed E-state index contributed by atoms with van der Waals surface area (Å²) in [6.07, 6.45) is -4.25. The molecule has 0 aromatic carbocycles.